The first-order valence-corrected chi connectivity index (χ1v) is 5.78. The summed E-state index contributed by atoms with van der Waals surface area (Å²) in [4.78, 5) is 23.1. The van der Waals surface area contributed by atoms with Crippen LogP contribution in [0.5, 0.6) is 0 Å². The molecule has 104 valence electrons. The van der Waals surface area contributed by atoms with Crippen molar-refractivity contribution in [1.29, 1.82) is 0 Å². The first kappa shape index (κ1) is 16.6. The normalized spacial score (nSPS) is 14.0. The molecule has 18 heavy (non-hydrogen) atoms. The van der Waals surface area contributed by atoms with Crippen LogP contribution in [0.2, 0.25) is 0 Å². The molecule has 0 rings (SSSR count). The number of rotatable bonds is 9. The summed E-state index contributed by atoms with van der Waals surface area (Å²) in [5.74, 6) is -2.11. The first-order valence-electron chi connectivity index (χ1n) is 5.78. The molecular formula is C12H20O6. The maximum atomic E-state index is 11.9. The van der Waals surface area contributed by atoms with E-state index >= 15 is 0 Å². The zero-order valence-corrected chi connectivity index (χ0v) is 10.5. The first-order chi connectivity index (χ1) is 8.40. The van der Waals surface area contributed by atoms with Crippen molar-refractivity contribution in [2.24, 2.45) is 5.41 Å². The Kier molecular flexibility index (Phi) is 7.23. The van der Waals surface area contributed by atoms with Crippen LogP contribution in [-0.2, 0) is 14.3 Å². The molecule has 6 heteroatoms. The smallest absolute Gasteiger partial charge is 0.323 e. The van der Waals surface area contributed by atoms with Gasteiger partial charge < -0.3 is 20.1 Å². The van der Waals surface area contributed by atoms with E-state index in [9.17, 15) is 14.7 Å². The molecule has 0 saturated heterocycles. The third kappa shape index (κ3) is 4.46. The largest absolute Gasteiger partial charge is 0.480 e. The quantitative estimate of drug-likeness (QED) is 0.244. The number of carbonyl (C=O) groups excluding carboxylic acids is 1. The van der Waals surface area contributed by atoms with Crippen LogP contribution in [0.4, 0.5) is 0 Å². The molecule has 6 nitrogen and oxygen atoms in total. The average molecular weight is 260 g/mol. The van der Waals surface area contributed by atoms with Gasteiger partial charge in [-0.1, -0.05) is 19.4 Å². The number of carbonyl (C=O) groups is 2. The highest BCUT2D eigenvalue weighted by atomic mass is 16.5. The Bertz CT molecular complexity index is 299. The molecule has 0 amide bonds. The Labute approximate surface area is 106 Å². The number of aliphatic hydroxyl groups is 2. The summed E-state index contributed by atoms with van der Waals surface area (Å²) in [6.45, 7) is 4.99. The second kappa shape index (κ2) is 7.84. The maximum Gasteiger partial charge on any atom is 0.323 e. The molecule has 0 aromatic carbocycles. The fraction of sp³-hybridized carbons (Fsp3) is 0.667. The van der Waals surface area contributed by atoms with Crippen LogP contribution in [0.25, 0.3) is 0 Å². The van der Waals surface area contributed by atoms with Crippen LogP contribution in [0, 0.1) is 5.41 Å². The number of hydrogen-bond donors (Lipinski definition) is 3. The van der Waals surface area contributed by atoms with Crippen molar-refractivity contribution in [2.75, 3.05) is 6.61 Å². The van der Waals surface area contributed by atoms with Gasteiger partial charge in [-0.25, -0.2) is 0 Å². The van der Waals surface area contributed by atoms with E-state index in [0.29, 0.717) is 6.42 Å². The molecule has 0 aliphatic carbocycles. The average Bonchev–Trinajstić information content (AvgIpc) is 2.27. The summed E-state index contributed by atoms with van der Waals surface area (Å²) in [6.07, 6.45) is 0.277. The number of ether oxygens (including phenoxy) is 1. The van der Waals surface area contributed by atoms with Crippen molar-refractivity contribution in [3.05, 3.63) is 12.7 Å². The van der Waals surface area contributed by atoms with E-state index in [2.05, 4.69) is 6.58 Å². The molecular weight excluding hydrogens is 240 g/mol. The Morgan fingerprint density at radius 3 is 2.44 bits per heavy atom. The van der Waals surface area contributed by atoms with Crippen molar-refractivity contribution in [1.82, 2.24) is 0 Å². The van der Waals surface area contributed by atoms with Gasteiger partial charge in [0.05, 0.1) is 6.61 Å². The molecule has 0 fully saturated rings. The summed E-state index contributed by atoms with van der Waals surface area (Å²) < 4.78 is 4.80. The van der Waals surface area contributed by atoms with E-state index < -0.39 is 23.6 Å². The minimum Gasteiger partial charge on any atom is -0.480 e. The van der Waals surface area contributed by atoms with E-state index in [0.717, 1.165) is 0 Å². The lowest BCUT2D eigenvalue weighted by molar-refractivity contribution is -0.170. The molecule has 0 saturated carbocycles. The van der Waals surface area contributed by atoms with E-state index in [1.165, 1.54) is 6.08 Å². The lowest BCUT2D eigenvalue weighted by Crippen LogP contribution is -2.40. The van der Waals surface area contributed by atoms with Gasteiger partial charge in [-0.15, -0.1) is 6.58 Å². The molecule has 0 aliphatic heterocycles. The number of esters is 1. The second-order valence-electron chi connectivity index (χ2n) is 4.04. The summed E-state index contributed by atoms with van der Waals surface area (Å²) in [5, 5.41) is 26.4. The molecule has 0 spiro atoms. The Morgan fingerprint density at radius 2 is 2.06 bits per heavy atom. The molecule has 0 aromatic rings. The van der Waals surface area contributed by atoms with Crippen molar-refractivity contribution in [3.63, 3.8) is 0 Å². The van der Waals surface area contributed by atoms with Crippen molar-refractivity contribution in [3.8, 4) is 0 Å². The molecule has 1 unspecified atom stereocenters. The van der Waals surface area contributed by atoms with E-state index in [-0.39, 0.29) is 25.9 Å². The van der Waals surface area contributed by atoms with Gasteiger partial charge in [0.25, 0.3) is 0 Å². The highest BCUT2D eigenvalue weighted by Crippen LogP contribution is 2.31. The zero-order chi connectivity index (χ0) is 14.2. The van der Waals surface area contributed by atoms with Crippen molar-refractivity contribution >= 4 is 11.9 Å². The zero-order valence-electron chi connectivity index (χ0n) is 10.5. The van der Waals surface area contributed by atoms with Crippen molar-refractivity contribution in [2.45, 2.75) is 38.9 Å². The Balaban J connectivity index is 4.77. The highest BCUT2D eigenvalue weighted by molar-refractivity contribution is 5.99. The maximum absolute atomic E-state index is 11.9. The minimum absolute atomic E-state index is 0.0172. The number of aliphatic carboxylic acids is 1. The Morgan fingerprint density at radius 1 is 1.44 bits per heavy atom. The molecule has 0 bridgehead atoms. The predicted molar refractivity (Wildman–Crippen MR) is 63.6 cm³/mol. The molecule has 1 atom stereocenters. The Hall–Kier alpha value is -1.40. The number of aliphatic hydroxyl groups excluding tert-OH is 1. The summed E-state index contributed by atoms with van der Waals surface area (Å²) in [5.41, 5.74) is -1.63. The third-order valence-electron chi connectivity index (χ3n) is 2.58. The summed E-state index contributed by atoms with van der Waals surface area (Å²) in [6, 6.07) is 0. The summed E-state index contributed by atoms with van der Waals surface area (Å²) in [7, 11) is 0. The van der Waals surface area contributed by atoms with Gasteiger partial charge >= 0.3 is 11.9 Å². The number of carboxylic acid groups (broad SMARTS) is 1. The van der Waals surface area contributed by atoms with Gasteiger partial charge in [-0.2, -0.15) is 0 Å². The van der Waals surface area contributed by atoms with Gasteiger partial charge in [0.2, 0.25) is 0 Å². The number of hydrogen-bond acceptors (Lipinski definition) is 5. The molecule has 3 N–H and O–H groups in total. The molecule has 0 aromatic heterocycles. The predicted octanol–water partition coefficient (Wildman–Crippen LogP) is 0.678. The van der Waals surface area contributed by atoms with Crippen LogP contribution in [0.15, 0.2) is 12.7 Å². The van der Waals surface area contributed by atoms with Gasteiger partial charge in [-0.05, 0) is 12.8 Å². The minimum atomic E-state index is -1.63. The van der Waals surface area contributed by atoms with Crippen LogP contribution < -0.4 is 0 Å². The van der Waals surface area contributed by atoms with Gasteiger partial charge in [0.1, 0.15) is 0 Å². The molecule has 0 aliphatic rings. The van der Waals surface area contributed by atoms with Crippen LogP contribution in [-0.4, -0.2) is 40.2 Å². The SMILES string of the molecule is C=CCC(CCC)(C(=O)O)C(=O)OCCC(O)O. The lowest BCUT2D eigenvalue weighted by atomic mass is 9.80. The molecule has 0 radical (unpaired) electrons. The van der Waals surface area contributed by atoms with E-state index in [1.807, 2.05) is 0 Å². The molecule has 0 heterocycles. The fourth-order valence-corrected chi connectivity index (χ4v) is 1.64. The van der Waals surface area contributed by atoms with Gasteiger partial charge in [0.15, 0.2) is 11.7 Å². The van der Waals surface area contributed by atoms with Crippen LogP contribution >= 0.6 is 0 Å². The second-order valence-corrected chi connectivity index (χ2v) is 4.04. The topological polar surface area (TPSA) is 104 Å². The van der Waals surface area contributed by atoms with Gasteiger partial charge in [0, 0.05) is 6.42 Å². The number of allylic oxidation sites excluding steroid dienone is 1. The lowest BCUT2D eigenvalue weighted by Gasteiger charge is -2.25. The van der Waals surface area contributed by atoms with Gasteiger partial charge in [-0.3, -0.25) is 9.59 Å². The van der Waals surface area contributed by atoms with E-state index in [1.54, 1.807) is 6.92 Å². The monoisotopic (exact) mass is 260 g/mol. The highest BCUT2D eigenvalue weighted by Gasteiger charge is 2.45. The van der Waals surface area contributed by atoms with Crippen LogP contribution in [0.1, 0.15) is 32.6 Å². The van der Waals surface area contributed by atoms with E-state index in [4.69, 9.17) is 14.9 Å². The van der Waals surface area contributed by atoms with Crippen LogP contribution in [0.3, 0.4) is 0 Å². The standard InChI is InChI=1S/C12H20O6/c1-3-6-12(7-4-2,10(15)16)11(17)18-8-5-9(13)14/h3,9,13-14H,1,4-8H2,2H3,(H,15,16). The summed E-state index contributed by atoms with van der Waals surface area (Å²) >= 11 is 0. The van der Waals surface area contributed by atoms with Crippen molar-refractivity contribution < 1.29 is 29.6 Å². The third-order valence-corrected chi connectivity index (χ3v) is 2.58. The fourth-order valence-electron chi connectivity index (χ4n) is 1.64. The number of carboxylic acids is 1.